The Morgan fingerprint density at radius 1 is 1.00 bits per heavy atom. The molecule has 0 saturated carbocycles. The molecule has 50 valence electrons. The molecule has 0 aromatic heterocycles. The molecule has 8 heavy (non-hydrogen) atoms. The Labute approximate surface area is 68.1 Å². The predicted molar refractivity (Wildman–Crippen MR) is 43.9 cm³/mol. The first-order chi connectivity index (χ1) is 3.65. The van der Waals surface area contributed by atoms with Crippen LogP contribution in [-0.2, 0) is 0 Å². The molecule has 0 bridgehead atoms. The van der Waals surface area contributed by atoms with Crippen LogP contribution < -0.4 is 0 Å². The van der Waals surface area contributed by atoms with E-state index < -0.39 is 11.4 Å². The van der Waals surface area contributed by atoms with Crippen molar-refractivity contribution in [1.82, 2.24) is 0 Å². The summed E-state index contributed by atoms with van der Waals surface area (Å²) in [6.45, 7) is 4.36. The molecular formula is C4H10AlCl3. The zero-order valence-electron chi connectivity index (χ0n) is 5.13. The second-order valence-electron chi connectivity index (χ2n) is 1.25. The lowest BCUT2D eigenvalue weighted by atomic mass is 10.4. The van der Waals surface area contributed by atoms with Gasteiger partial charge in [-0.2, -0.15) is 0 Å². The standard InChI is InChI=1S/C4H10.Al.3ClH/c1-3-4-2;;;;/h3-4H2,1-2H3;;3*1H/q;+3;;;/p-3. The van der Waals surface area contributed by atoms with Gasteiger partial charge in [0.05, 0.1) is 0 Å². The molecule has 0 aliphatic heterocycles. The minimum atomic E-state index is -1.72. The van der Waals surface area contributed by atoms with E-state index in [2.05, 4.69) is 13.8 Å². The van der Waals surface area contributed by atoms with Crippen molar-refractivity contribution in [3.8, 4) is 0 Å². The van der Waals surface area contributed by atoms with Gasteiger partial charge in [-0.1, -0.05) is 26.7 Å². The lowest BCUT2D eigenvalue weighted by molar-refractivity contribution is 0.886. The summed E-state index contributed by atoms with van der Waals surface area (Å²) < 4.78 is 0. The van der Waals surface area contributed by atoms with E-state index in [0.717, 1.165) is 0 Å². The van der Waals surface area contributed by atoms with E-state index in [9.17, 15) is 0 Å². The number of unbranched alkanes of at least 4 members (excludes halogenated alkanes) is 1. The zero-order chi connectivity index (χ0) is 6.99. The molecule has 0 fully saturated rings. The monoisotopic (exact) mass is 190 g/mol. The van der Waals surface area contributed by atoms with Gasteiger partial charge in [-0.05, 0) is 0 Å². The van der Waals surface area contributed by atoms with Crippen LogP contribution >= 0.6 is 30.1 Å². The minimum absolute atomic E-state index is 1.32. The Kier molecular flexibility index (Phi) is 17.0. The van der Waals surface area contributed by atoms with Crippen molar-refractivity contribution in [2.24, 2.45) is 0 Å². The molecule has 0 rings (SSSR count). The summed E-state index contributed by atoms with van der Waals surface area (Å²) in [5.74, 6) is 0. The maximum absolute atomic E-state index is 4.94. The normalized spacial score (nSPS) is 7.12. The lowest BCUT2D eigenvalue weighted by Gasteiger charge is -1.68. The van der Waals surface area contributed by atoms with Crippen LogP contribution in [0.25, 0.3) is 0 Å². The molecule has 0 heterocycles. The third-order valence-electron chi connectivity index (χ3n) is 0.500. The van der Waals surface area contributed by atoms with Gasteiger partial charge in [-0.25, -0.2) is 30.1 Å². The summed E-state index contributed by atoms with van der Waals surface area (Å²) in [7, 11) is 14.8. The fourth-order valence-corrected chi connectivity index (χ4v) is 0. The molecule has 0 atom stereocenters. The zero-order valence-corrected chi connectivity index (χ0v) is 8.55. The van der Waals surface area contributed by atoms with Gasteiger partial charge in [-0.15, -0.1) is 0 Å². The van der Waals surface area contributed by atoms with Crippen molar-refractivity contribution >= 4 is 41.5 Å². The molecule has 0 unspecified atom stereocenters. The number of rotatable bonds is 1. The van der Waals surface area contributed by atoms with E-state index in [0.29, 0.717) is 0 Å². The highest BCUT2D eigenvalue weighted by Crippen LogP contribution is 1.97. The third kappa shape index (κ3) is 52.6. The molecule has 0 aliphatic rings. The van der Waals surface area contributed by atoms with Gasteiger partial charge in [0.15, 0.2) is 0 Å². The van der Waals surface area contributed by atoms with Gasteiger partial charge in [0.1, 0.15) is 0 Å². The van der Waals surface area contributed by atoms with Crippen LogP contribution in [0.5, 0.6) is 0 Å². The van der Waals surface area contributed by atoms with E-state index in [-0.39, 0.29) is 0 Å². The SMILES string of the molecule is CCCC.[Cl][Al]([Cl])[Cl]. The number of hydrogen-bond donors (Lipinski definition) is 0. The third-order valence-corrected chi connectivity index (χ3v) is 0.500. The van der Waals surface area contributed by atoms with Gasteiger partial charge < -0.3 is 0 Å². The fourth-order valence-electron chi connectivity index (χ4n) is 0. The quantitative estimate of drug-likeness (QED) is 0.557. The fraction of sp³-hybridized carbons (Fsp3) is 1.00. The van der Waals surface area contributed by atoms with Crippen molar-refractivity contribution < 1.29 is 0 Å². The first-order valence-corrected chi connectivity index (χ1v) is 7.81. The largest absolute Gasteiger partial charge is 0.643 e. The summed E-state index contributed by atoms with van der Waals surface area (Å²) in [5, 5.41) is 0. The highest BCUT2D eigenvalue weighted by molar-refractivity contribution is 7.54. The maximum Gasteiger partial charge on any atom is 0.643 e. The highest BCUT2D eigenvalue weighted by atomic mass is 35.8. The van der Waals surface area contributed by atoms with Gasteiger partial charge in [-0.3, -0.25) is 0 Å². The van der Waals surface area contributed by atoms with Crippen LogP contribution in [0.3, 0.4) is 0 Å². The molecule has 0 aliphatic carbocycles. The first kappa shape index (κ1) is 12.1. The predicted octanol–water partition coefficient (Wildman–Crippen LogP) is 3.49. The summed E-state index contributed by atoms with van der Waals surface area (Å²) in [5.41, 5.74) is 0. The van der Waals surface area contributed by atoms with Crippen molar-refractivity contribution in [1.29, 1.82) is 0 Å². The molecule has 0 spiro atoms. The van der Waals surface area contributed by atoms with Gasteiger partial charge in [0, 0.05) is 0 Å². The lowest BCUT2D eigenvalue weighted by Crippen LogP contribution is -1.66. The average Bonchev–Trinajstić information content (AvgIpc) is 1.65. The van der Waals surface area contributed by atoms with Crippen LogP contribution in [0.1, 0.15) is 26.7 Å². The first-order valence-electron chi connectivity index (χ1n) is 2.57. The average molecular weight is 191 g/mol. The Morgan fingerprint density at radius 2 is 1.12 bits per heavy atom. The van der Waals surface area contributed by atoms with E-state index in [1.54, 1.807) is 0 Å². The number of hydrogen-bond acceptors (Lipinski definition) is 0. The molecule has 4 heteroatoms. The van der Waals surface area contributed by atoms with Crippen molar-refractivity contribution in [2.45, 2.75) is 26.7 Å². The molecule has 0 aromatic carbocycles. The Balaban J connectivity index is 0. The van der Waals surface area contributed by atoms with Crippen LogP contribution in [-0.4, -0.2) is 11.4 Å². The van der Waals surface area contributed by atoms with Gasteiger partial charge in [0.2, 0.25) is 0 Å². The molecular weight excluding hydrogens is 181 g/mol. The van der Waals surface area contributed by atoms with Crippen LogP contribution in [0.2, 0.25) is 0 Å². The second kappa shape index (κ2) is 11.2. The van der Waals surface area contributed by atoms with E-state index in [1.165, 1.54) is 12.8 Å². The van der Waals surface area contributed by atoms with Crippen LogP contribution in [0.15, 0.2) is 0 Å². The Morgan fingerprint density at radius 3 is 1.12 bits per heavy atom. The number of halogens is 3. The van der Waals surface area contributed by atoms with Crippen molar-refractivity contribution in [3.63, 3.8) is 0 Å². The smallest absolute Gasteiger partial charge is 0.214 e. The molecule has 0 saturated heterocycles. The van der Waals surface area contributed by atoms with E-state index >= 15 is 0 Å². The van der Waals surface area contributed by atoms with Gasteiger partial charge in [0.25, 0.3) is 0 Å². The molecule has 0 aromatic rings. The van der Waals surface area contributed by atoms with Crippen molar-refractivity contribution in [2.75, 3.05) is 0 Å². The summed E-state index contributed by atoms with van der Waals surface area (Å²) in [4.78, 5) is 0. The van der Waals surface area contributed by atoms with Crippen molar-refractivity contribution in [3.05, 3.63) is 0 Å². The van der Waals surface area contributed by atoms with E-state index in [1.807, 2.05) is 0 Å². The van der Waals surface area contributed by atoms with Gasteiger partial charge >= 0.3 is 11.4 Å². The summed E-state index contributed by atoms with van der Waals surface area (Å²) in [6, 6.07) is 0. The Hall–Kier alpha value is 1.40. The summed E-state index contributed by atoms with van der Waals surface area (Å²) in [6.07, 6.45) is 2.64. The Bertz CT molecular complexity index is 27.7. The van der Waals surface area contributed by atoms with E-state index in [4.69, 9.17) is 30.1 Å². The second-order valence-corrected chi connectivity index (χ2v) is 7.68. The maximum atomic E-state index is 4.94. The molecule has 0 amide bonds. The minimum Gasteiger partial charge on any atom is -0.214 e. The highest BCUT2D eigenvalue weighted by Gasteiger charge is 2.00. The molecule has 0 radical (unpaired) electrons. The molecule has 0 N–H and O–H groups in total. The van der Waals surface area contributed by atoms with Crippen LogP contribution in [0.4, 0.5) is 0 Å². The topological polar surface area (TPSA) is 0 Å². The van der Waals surface area contributed by atoms with Crippen LogP contribution in [0, 0.1) is 0 Å². The molecule has 0 nitrogen and oxygen atoms in total. The summed E-state index contributed by atoms with van der Waals surface area (Å²) >= 11 is -1.72.